The molecule has 0 spiro atoms. The second-order valence-corrected chi connectivity index (χ2v) is 13.7. The lowest BCUT2D eigenvalue weighted by molar-refractivity contribution is -0.132. The van der Waals surface area contributed by atoms with Crippen molar-refractivity contribution in [3.8, 4) is 17.2 Å². The van der Waals surface area contributed by atoms with E-state index in [0.29, 0.717) is 43.6 Å². The summed E-state index contributed by atoms with van der Waals surface area (Å²) >= 11 is 14.8. The molecule has 9 nitrogen and oxygen atoms in total. The molecule has 2 heterocycles. The zero-order valence-electron chi connectivity index (χ0n) is 25.5. The standard InChI is InChI=1S/C35H27Cl2N3O6S2/c1-19-5-3-4-6-22(19)17-46-25-12-8-20(9-13-25)31(42)29-30(21-10-14-27(41)28(15-21)45-2)40(33(44)32(29)43)34-38-39-35(48-34)47-18-23-7-11-24(36)16-26(23)37/h3-16,30,41-42H,17-18H2,1-2H3/b31-29+. The van der Waals surface area contributed by atoms with Crippen molar-refractivity contribution in [1.29, 1.82) is 0 Å². The Labute approximate surface area is 294 Å². The van der Waals surface area contributed by atoms with Gasteiger partial charge in [0.15, 0.2) is 15.8 Å². The van der Waals surface area contributed by atoms with E-state index >= 15 is 0 Å². The van der Waals surface area contributed by atoms with Gasteiger partial charge in [-0.25, -0.2) is 0 Å². The van der Waals surface area contributed by atoms with Crippen LogP contribution in [0.15, 0.2) is 94.8 Å². The van der Waals surface area contributed by atoms with Crippen molar-refractivity contribution >= 4 is 68.9 Å². The number of carbonyl (C=O) groups excluding carboxylic acids is 2. The van der Waals surface area contributed by atoms with Gasteiger partial charge in [0, 0.05) is 21.4 Å². The van der Waals surface area contributed by atoms with Crippen LogP contribution in [-0.2, 0) is 21.9 Å². The summed E-state index contributed by atoms with van der Waals surface area (Å²) in [5.74, 6) is -1.14. The molecule has 6 rings (SSSR count). The summed E-state index contributed by atoms with van der Waals surface area (Å²) in [7, 11) is 1.39. The normalized spacial score (nSPS) is 15.6. The number of phenols is 1. The zero-order chi connectivity index (χ0) is 33.9. The average molecular weight is 721 g/mol. The topological polar surface area (TPSA) is 122 Å². The molecule has 1 unspecified atom stereocenters. The third kappa shape index (κ3) is 6.86. The van der Waals surface area contributed by atoms with Gasteiger partial charge >= 0.3 is 5.91 Å². The molecule has 1 aliphatic heterocycles. The van der Waals surface area contributed by atoms with Gasteiger partial charge in [-0.05, 0) is 77.7 Å². The van der Waals surface area contributed by atoms with Crippen molar-refractivity contribution in [3.05, 3.63) is 128 Å². The molecule has 1 aromatic heterocycles. The number of ketones is 1. The Morgan fingerprint density at radius 2 is 1.75 bits per heavy atom. The van der Waals surface area contributed by atoms with Gasteiger partial charge in [-0.2, -0.15) is 0 Å². The van der Waals surface area contributed by atoms with Crippen LogP contribution in [-0.4, -0.2) is 39.2 Å². The number of rotatable bonds is 10. The fourth-order valence-electron chi connectivity index (χ4n) is 5.14. The SMILES string of the molecule is COc1cc(C2/C(=C(\O)c3ccc(OCc4ccccc4C)cc3)C(=O)C(=O)N2c2nnc(SCc3ccc(Cl)cc3Cl)s2)ccc1O. The second kappa shape index (κ2) is 14.3. The van der Waals surface area contributed by atoms with Crippen molar-refractivity contribution in [2.45, 2.75) is 29.7 Å². The number of hydrogen-bond acceptors (Lipinski definition) is 10. The number of nitrogens with zero attached hydrogens (tertiary/aromatic N) is 3. The number of phenolic OH excluding ortho intramolecular Hbond substituents is 1. The number of amides is 1. The number of ether oxygens (including phenoxy) is 2. The molecule has 5 aromatic rings. The molecule has 1 fully saturated rings. The van der Waals surface area contributed by atoms with Crippen molar-refractivity contribution in [3.63, 3.8) is 0 Å². The third-order valence-electron chi connectivity index (χ3n) is 7.72. The summed E-state index contributed by atoms with van der Waals surface area (Å²) in [6.45, 7) is 2.37. The molecule has 0 bridgehead atoms. The summed E-state index contributed by atoms with van der Waals surface area (Å²) in [4.78, 5) is 28.5. The number of anilines is 1. The summed E-state index contributed by atoms with van der Waals surface area (Å²) in [5, 5.41) is 31.5. The number of halogens is 2. The highest BCUT2D eigenvalue weighted by Gasteiger charge is 2.48. The van der Waals surface area contributed by atoms with E-state index < -0.39 is 17.7 Å². The summed E-state index contributed by atoms with van der Waals surface area (Å²) < 4.78 is 11.8. The number of aromatic nitrogens is 2. The number of aromatic hydroxyl groups is 1. The predicted molar refractivity (Wildman–Crippen MR) is 187 cm³/mol. The van der Waals surface area contributed by atoms with E-state index in [2.05, 4.69) is 10.2 Å². The van der Waals surface area contributed by atoms with Gasteiger partial charge in [-0.1, -0.05) is 82.7 Å². The molecule has 13 heteroatoms. The number of aryl methyl sites for hydroxylation is 1. The second-order valence-electron chi connectivity index (χ2n) is 10.7. The maximum absolute atomic E-state index is 13.7. The minimum atomic E-state index is -1.10. The van der Waals surface area contributed by atoms with E-state index in [1.165, 1.54) is 35.9 Å². The lowest BCUT2D eigenvalue weighted by atomic mass is 9.95. The fraction of sp³-hybridized carbons (Fsp3) is 0.143. The quantitative estimate of drug-likeness (QED) is 0.0482. The summed E-state index contributed by atoms with van der Waals surface area (Å²) in [5.41, 5.74) is 3.54. The molecule has 1 atom stereocenters. The molecule has 0 radical (unpaired) electrons. The number of aliphatic hydroxyl groups excluding tert-OH is 1. The molecule has 48 heavy (non-hydrogen) atoms. The van der Waals surface area contributed by atoms with Gasteiger partial charge in [0.05, 0.1) is 18.7 Å². The lowest BCUT2D eigenvalue weighted by Crippen LogP contribution is -2.29. The molecule has 1 saturated heterocycles. The van der Waals surface area contributed by atoms with Gasteiger partial charge in [-0.3, -0.25) is 14.5 Å². The van der Waals surface area contributed by atoms with Crippen molar-refractivity contribution in [2.75, 3.05) is 12.0 Å². The number of aliphatic hydroxyl groups is 1. The first-order chi connectivity index (χ1) is 23.1. The molecular weight excluding hydrogens is 693 g/mol. The van der Waals surface area contributed by atoms with Crippen LogP contribution < -0.4 is 14.4 Å². The maximum atomic E-state index is 13.7. The van der Waals surface area contributed by atoms with Crippen molar-refractivity contribution in [1.82, 2.24) is 10.2 Å². The fourth-order valence-corrected chi connectivity index (χ4v) is 7.57. The average Bonchev–Trinajstić information content (AvgIpc) is 3.65. The number of benzene rings is 4. The first-order valence-electron chi connectivity index (χ1n) is 14.5. The predicted octanol–water partition coefficient (Wildman–Crippen LogP) is 8.37. The van der Waals surface area contributed by atoms with E-state index in [4.69, 9.17) is 32.7 Å². The molecule has 0 aliphatic carbocycles. The smallest absolute Gasteiger partial charge is 0.301 e. The number of Topliss-reactive ketones (excluding diaryl/α,β-unsaturated/α-hetero) is 1. The van der Waals surface area contributed by atoms with E-state index in [1.807, 2.05) is 37.3 Å². The van der Waals surface area contributed by atoms with Crippen LogP contribution in [0, 0.1) is 6.92 Å². The molecular formula is C35H27Cl2N3O6S2. The Morgan fingerprint density at radius 3 is 2.48 bits per heavy atom. The van der Waals surface area contributed by atoms with Gasteiger partial charge in [0.25, 0.3) is 5.78 Å². The molecule has 4 aromatic carbocycles. The summed E-state index contributed by atoms with van der Waals surface area (Å²) in [6.07, 6.45) is 0. The number of carbonyl (C=O) groups is 2. The summed E-state index contributed by atoms with van der Waals surface area (Å²) in [6, 6.07) is 23.1. The van der Waals surface area contributed by atoms with Gasteiger partial charge < -0.3 is 19.7 Å². The van der Waals surface area contributed by atoms with Crippen LogP contribution in [0.4, 0.5) is 5.13 Å². The largest absolute Gasteiger partial charge is 0.507 e. The zero-order valence-corrected chi connectivity index (χ0v) is 28.7. The highest BCUT2D eigenvalue weighted by Crippen LogP contribution is 2.45. The monoisotopic (exact) mass is 719 g/mol. The van der Waals surface area contributed by atoms with Crippen molar-refractivity contribution < 1.29 is 29.3 Å². The molecule has 244 valence electrons. The van der Waals surface area contributed by atoms with Crippen LogP contribution in [0.1, 0.15) is 33.9 Å². The highest BCUT2D eigenvalue weighted by atomic mass is 35.5. The first kappa shape index (κ1) is 33.4. The van der Waals surface area contributed by atoms with Crippen LogP contribution in [0.5, 0.6) is 17.2 Å². The van der Waals surface area contributed by atoms with Gasteiger partial charge in [-0.15, -0.1) is 10.2 Å². The van der Waals surface area contributed by atoms with Crippen LogP contribution >= 0.6 is 46.3 Å². The Bertz CT molecular complexity index is 2050. The Balaban J connectivity index is 1.33. The van der Waals surface area contributed by atoms with E-state index in [0.717, 1.165) is 28.0 Å². The van der Waals surface area contributed by atoms with Crippen LogP contribution in [0.2, 0.25) is 10.0 Å². The number of thioether (sulfide) groups is 1. The number of hydrogen-bond donors (Lipinski definition) is 2. The van der Waals surface area contributed by atoms with E-state index in [9.17, 15) is 19.8 Å². The molecule has 2 N–H and O–H groups in total. The Hall–Kier alpha value is -4.55. The molecule has 0 saturated carbocycles. The minimum Gasteiger partial charge on any atom is -0.507 e. The minimum absolute atomic E-state index is 0.126. The third-order valence-corrected chi connectivity index (χ3v) is 10.4. The van der Waals surface area contributed by atoms with E-state index in [-0.39, 0.29) is 28.0 Å². The maximum Gasteiger partial charge on any atom is 0.301 e. The van der Waals surface area contributed by atoms with Gasteiger partial charge in [0.1, 0.15) is 18.1 Å². The Morgan fingerprint density at radius 1 is 0.979 bits per heavy atom. The molecule has 1 amide bonds. The molecule has 1 aliphatic rings. The van der Waals surface area contributed by atoms with Crippen LogP contribution in [0.3, 0.4) is 0 Å². The first-order valence-corrected chi connectivity index (χ1v) is 17.1. The number of methoxy groups -OCH3 is 1. The van der Waals surface area contributed by atoms with E-state index in [1.54, 1.807) is 42.5 Å². The Kier molecular flexibility index (Phi) is 9.93. The highest BCUT2D eigenvalue weighted by molar-refractivity contribution is 8.00. The van der Waals surface area contributed by atoms with Gasteiger partial charge in [0.2, 0.25) is 5.13 Å². The van der Waals surface area contributed by atoms with Crippen LogP contribution in [0.25, 0.3) is 5.76 Å². The van der Waals surface area contributed by atoms with Crippen molar-refractivity contribution in [2.24, 2.45) is 0 Å². The lowest BCUT2D eigenvalue weighted by Gasteiger charge is -2.23.